The predicted octanol–water partition coefficient (Wildman–Crippen LogP) is 5.33. The summed E-state index contributed by atoms with van der Waals surface area (Å²) in [6.45, 7) is 0.452. The smallest absolute Gasteiger partial charge is 0.270 e. The lowest BCUT2D eigenvalue weighted by Crippen LogP contribution is -2.30. The number of nitrogens with one attached hydrogen (secondary N) is 2. The molecule has 2 atom stereocenters. The molecule has 0 aliphatic carbocycles. The first kappa shape index (κ1) is 23.4. The fourth-order valence-corrected chi connectivity index (χ4v) is 5.11. The fourth-order valence-electron chi connectivity index (χ4n) is 4.60. The van der Waals surface area contributed by atoms with Crippen LogP contribution in [0.1, 0.15) is 10.5 Å². The molecule has 8 nitrogen and oxygen atoms in total. The van der Waals surface area contributed by atoms with Gasteiger partial charge >= 0.3 is 0 Å². The van der Waals surface area contributed by atoms with E-state index in [1.165, 1.54) is 0 Å². The number of benzene rings is 2. The van der Waals surface area contributed by atoms with Gasteiger partial charge in [0.25, 0.3) is 5.91 Å². The molecular weight excluding hydrogens is 537 g/mol. The Morgan fingerprint density at radius 1 is 1.08 bits per heavy atom. The van der Waals surface area contributed by atoms with Crippen LogP contribution in [0.15, 0.2) is 73.2 Å². The lowest BCUT2D eigenvalue weighted by Gasteiger charge is -2.15. The molecule has 1 saturated heterocycles. The molecule has 1 unspecified atom stereocenters. The number of hydrogen-bond acceptors (Lipinski definition) is 5. The number of halogens is 2. The van der Waals surface area contributed by atoms with Crippen molar-refractivity contribution in [3.05, 3.63) is 78.9 Å². The highest BCUT2D eigenvalue weighted by Gasteiger charge is 2.35. The molecule has 0 saturated carbocycles. The van der Waals surface area contributed by atoms with Crippen LogP contribution in [0.5, 0.6) is 0 Å². The van der Waals surface area contributed by atoms with Crippen LogP contribution >= 0.6 is 15.9 Å². The summed E-state index contributed by atoms with van der Waals surface area (Å²) in [6.07, 6.45) is 4.29. The van der Waals surface area contributed by atoms with Gasteiger partial charge in [0, 0.05) is 53.7 Å². The van der Waals surface area contributed by atoms with Gasteiger partial charge in [0.05, 0.1) is 17.6 Å². The maximum absolute atomic E-state index is 14.0. The van der Waals surface area contributed by atoms with Crippen LogP contribution in [0.2, 0.25) is 0 Å². The lowest BCUT2D eigenvalue weighted by atomic mass is 10.1. The Morgan fingerprint density at radius 3 is 2.62 bits per heavy atom. The number of aryl methyl sites for hydroxylation is 1. The van der Waals surface area contributed by atoms with E-state index in [0.717, 1.165) is 33.3 Å². The number of anilines is 2. The van der Waals surface area contributed by atoms with Crippen LogP contribution in [-0.4, -0.2) is 59.6 Å². The molecule has 37 heavy (non-hydrogen) atoms. The highest BCUT2D eigenvalue weighted by atomic mass is 79.9. The molecule has 0 radical (unpaired) electrons. The van der Waals surface area contributed by atoms with Gasteiger partial charge in [-0.15, -0.1) is 0 Å². The molecule has 186 valence electrons. The number of fused-ring (bicyclic) bond motifs is 1. The number of amides is 1. The molecule has 10 heteroatoms. The van der Waals surface area contributed by atoms with Gasteiger partial charge in [0.1, 0.15) is 17.7 Å². The summed E-state index contributed by atoms with van der Waals surface area (Å²) in [4.78, 5) is 23.5. The molecule has 0 bridgehead atoms. The number of carbonyl (C=O) groups is 1. The topological polar surface area (TPSA) is 91.7 Å². The summed E-state index contributed by atoms with van der Waals surface area (Å²) in [5, 5.41) is 11.1. The third kappa shape index (κ3) is 4.48. The van der Waals surface area contributed by atoms with Gasteiger partial charge in [-0.1, -0.05) is 40.2 Å². The molecule has 1 aliphatic rings. The number of aromatic amines is 1. The van der Waals surface area contributed by atoms with E-state index in [0.29, 0.717) is 23.9 Å². The highest BCUT2D eigenvalue weighted by molar-refractivity contribution is 9.09. The highest BCUT2D eigenvalue weighted by Crippen LogP contribution is 2.28. The lowest BCUT2D eigenvalue weighted by molar-refractivity contribution is 0.0774. The Labute approximate surface area is 220 Å². The molecule has 1 amide bonds. The van der Waals surface area contributed by atoms with Crippen molar-refractivity contribution in [2.45, 2.75) is 11.0 Å². The molecule has 6 rings (SSSR count). The van der Waals surface area contributed by atoms with E-state index in [1.807, 2.05) is 72.4 Å². The predicted molar refractivity (Wildman–Crippen MR) is 145 cm³/mol. The molecule has 2 N–H and O–H groups in total. The van der Waals surface area contributed by atoms with Gasteiger partial charge < -0.3 is 14.8 Å². The molecule has 1 fully saturated rings. The van der Waals surface area contributed by atoms with Crippen molar-refractivity contribution < 1.29 is 9.18 Å². The third-order valence-corrected chi connectivity index (χ3v) is 7.50. The van der Waals surface area contributed by atoms with E-state index in [-0.39, 0.29) is 17.3 Å². The fraction of sp³-hybridized carbons (Fsp3) is 0.185. The standard InChI is InChI=1S/C27H23BrFN7O/c1-35-23-11-18(3-2-17(23)10-24(35)27(37)36-14-21(28)22(29)15-36)26-30-9-8-25(34-26)33-20-6-4-16(5-7-20)19-12-31-32-13-19/h2-13,21-22H,14-15H2,1H3,(H,31,32)(H,30,33,34)/t21-,22?/m1/s1. The number of hydrogen-bond donors (Lipinski definition) is 2. The number of rotatable bonds is 5. The largest absolute Gasteiger partial charge is 0.340 e. The molecule has 5 aromatic rings. The van der Waals surface area contributed by atoms with Gasteiger partial charge in [0.2, 0.25) is 0 Å². The number of alkyl halides is 2. The Morgan fingerprint density at radius 2 is 1.89 bits per heavy atom. The Hall–Kier alpha value is -4.05. The van der Waals surface area contributed by atoms with E-state index < -0.39 is 6.17 Å². The van der Waals surface area contributed by atoms with Crippen LogP contribution in [0.25, 0.3) is 33.4 Å². The van der Waals surface area contributed by atoms with Crippen molar-refractivity contribution in [1.82, 2.24) is 29.6 Å². The van der Waals surface area contributed by atoms with E-state index >= 15 is 0 Å². The van der Waals surface area contributed by atoms with Gasteiger partial charge in [-0.05, 0) is 35.9 Å². The van der Waals surface area contributed by atoms with Gasteiger partial charge in [-0.25, -0.2) is 14.4 Å². The monoisotopic (exact) mass is 559 g/mol. The molecule has 3 aromatic heterocycles. The third-order valence-electron chi connectivity index (χ3n) is 6.64. The summed E-state index contributed by atoms with van der Waals surface area (Å²) in [6, 6.07) is 17.5. The number of likely N-dealkylation sites (tertiary alicyclic amines) is 1. The molecular formula is C27H23BrFN7O. The number of nitrogens with zero attached hydrogens (tertiary/aromatic N) is 5. The van der Waals surface area contributed by atoms with E-state index in [2.05, 4.69) is 36.4 Å². The van der Waals surface area contributed by atoms with Gasteiger partial charge in [-0.2, -0.15) is 5.10 Å². The normalized spacial score (nSPS) is 17.4. The average Bonchev–Trinajstić information content (AvgIpc) is 3.64. The van der Waals surface area contributed by atoms with E-state index in [4.69, 9.17) is 4.98 Å². The summed E-state index contributed by atoms with van der Waals surface area (Å²) < 4.78 is 15.8. The summed E-state index contributed by atoms with van der Waals surface area (Å²) in [5.41, 5.74) is 5.23. The van der Waals surface area contributed by atoms with E-state index in [1.54, 1.807) is 17.3 Å². The van der Waals surface area contributed by atoms with Crippen molar-refractivity contribution in [2.75, 3.05) is 18.4 Å². The quantitative estimate of drug-likeness (QED) is 0.284. The first-order valence-corrected chi connectivity index (χ1v) is 12.7. The van der Waals surface area contributed by atoms with Crippen LogP contribution in [-0.2, 0) is 7.05 Å². The SMILES string of the molecule is Cn1c(C(=O)N2CC(F)[C@H](Br)C2)cc2ccc(-c3nccc(Nc4ccc(-c5cn[nH]c5)cc4)n3)cc21. The zero-order valence-corrected chi connectivity index (χ0v) is 21.5. The maximum Gasteiger partial charge on any atom is 0.270 e. The summed E-state index contributed by atoms with van der Waals surface area (Å²) in [7, 11) is 1.85. The first-order chi connectivity index (χ1) is 18.0. The summed E-state index contributed by atoms with van der Waals surface area (Å²) >= 11 is 3.31. The Balaban J connectivity index is 1.24. The van der Waals surface area contributed by atoms with Crippen molar-refractivity contribution >= 4 is 44.2 Å². The number of H-pyrrole nitrogens is 1. The number of carbonyl (C=O) groups excluding carboxylic acids is 1. The Bertz CT molecular complexity index is 1570. The molecule has 0 spiro atoms. The van der Waals surface area contributed by atoms with Crippen molar-refractivity contribution in [1.29, 1.82) is 0 Å². The van der Waals surface area contributed by atoms with Crippen LogP contribution < -0.4 is 5.32 Å². The van der Waals surface area contributed by atoms with Gasteiger partial charge in [-0.3, -0.25) is 9.89 Å². The minimum absolute atomic E-state index is 0.0984. The van der Waals surface area contributed by atoms with Crippen LogP contribution in [0.4, 0.5) is 15.9 Å². The van der Waals surface area contributed by atoms with Crippen molar-refractivity contribution in [3.8, 4) is 22.5 Å². The minimum Gasteiger partial charge on any atom is -0.340 e. The average molecular weight is 560 g/mol. The first-order valence-electron chi connectivity index (χ1n) is 11.8. The molecule has 2 aromatic carbocycles. The van der Waals surface area contributed by atoms with Crippen molar-refractivity contribution in [2.24, 2.45) is 7.05 Å². The second-order valence-electron chi connectivity index (χ2n) is 9.06. The van der Waals surface area contributed by atoms with Crippen LogP contribution in [0.3, 0.4) is 0 Å². The number of aromatic nitrogens is 5. The van der Waals surface area contributed by atoms with Crippen molar-refractivity contribution in [3.63, 3.8) is 0 Å². The van der Waals surface area contributed by atoms with Crippen LogP contribution in [0, 0.1) is 0 Å². The van der Waals surface area contributed by atoms with Gasteiger partial charge in [0.15, 0.2) is 5.82 Å². The zero-order valence-electron chi connectivity index (χ0n) is 19.9. The molecule has 1 aliphatic heterocycles. The second-order valence-corrected chi connectivity index (χ2v) is 10.2. The molecule has 4 heterocycles. The van der Waals surface area contributed by atoms with E-state index in [9.17, 15) is 9.18 Å². The summed E-state index contributed by atoms with van der Waals surface area (Å²) in [5.74, 6) is 1.06. The minimum atomic E-state index is -1.06. The maximum atomic E-state index is 14.0. The Kier molecular flexibility index (Phi) is 5.96. The second kappa shape index (κ2) is 9.44. The zero-order chi connectivity index (χ0) is 25.5.